The Hall–Kier alpha value is -4.39. The van der Waals surface area contributed by atoms with Crippen molar-refractivity contribution in [2.75, 3.05) is 5.32 Å². The molecule has 0 aliphatic heterocycles. The van der Waals surface area contributed by atoms with E-state index in [1.807, 2.05) is 85.8 Å². The average Bonchev–Trinajstić information content (AvgIpc) is 3.61. The minimum Gasteiger partial charge on any atom is -0.481 e. The Morgan fingerprint density at radius 3 is 2.16 bits per heavy atom. The number of aromatic nitrogens is 1. The van der Waals surface area contributed by atoms with E-state index in [9.17, 15) is 14.7 Å². The maximum atomic E-state index is 12.6. The second kappa shape index (κ2) is 9.93. The summed E-state index contributed by atoms with van der Waals surface area (Å²) in [5, 5.41) is 16.2. The summed E-state index contributed by atoms with van der Waals surface area (Å²) in [6.45, 7) is 3.58. The van der Waals surface area contributed by atoms with E-state index in [-0.39, 0.29) is 0 Å². The average molecular weight is 497 g/mol. The molecule has 7 nitrogen and oxygen atoms in total. The van der Waals surface area contributed by atoms with Crippen LogP contribution in [0.25, 0.3) is 22.5 Å². The molecule has 4 aromatic rings. The minimum absolute atomic E-state index is 0.408. The first-order valence-electron chi connectivity index (χ1n) is 12.3. The lowest BCUT2D eigenvalue weighted by Crippen LogP contribution is -2.17. The van der Waals surface area contributed by atoms with Gasteiger partial charge in [0.2, 0.25) is 0 Å². The zero-order chi connectivity index (χ0) is 26.0. The van der Waals surface area contributed by atoms with Crippen molar-refractivity contribution in [3.8, 4) is 22.5 Å². The fourth-order valence-corrected chi connectivity index (χ4v) is 4.44. The molecular formula is C30H28N2O5. The number of carbonyl (C=O) groups excluding carboxylic acids is 1. The van der Waals surface area contributed by atoms with Crippen molar-refractivity contribution in [2.45, 2.75) is 39.2 Å². The first-order chi connectivity index (χ1) is 17.8. The van der Waals surface area contributed by atoms with Gasteiger partial charge in [0, 0.05) is 5.56 Å². The van der Waals surface area contributed by atoms with E-state index in [2.05, 4.69) is 10.5 Å². The Kier molecular flexibility index (Phi) is 6.53. The van der Waals surface area contributed by atoms with E-state index in [0.29, 0.717) is 23.6 Å². The summed E-state index contributed by atoms with van der Waals surface area (Å²) in [5.41, 5.74) is 5.18. The molecule has 0 radical (unpaired) electrons. The summed E-state index contributed by atoms with van der Waals surface area (Å²) < 4.78 is 11.1. The number of hydrogen-bond donors (Lipinski definition) is 2. The molecule has 1 aliphatic rings. The Balaban J connectivity index is 1.27. The third kappa shape index (κ3) is 5.26. The van der Waals surface area contributed by atoms with Gasteiger partial charge in [0.1, 0.15) is 17.5 Å². The number of carboxylic acid groups (broad SMARTS) is 1. The second-order valence-electron chi connectivity index (χ2n) is 9.59. The summed E-state index contributed by atoms with van der Waals surface area (Å²) in [5.74, 6) is -0.255. The van der Waals surface area contributed by atoms with Crippen molar-refractivity contribution in [1.29, 1.82) is 0 Å². The molecule has 0 saturated heterocycles. The van der Waals surface area contributed by atoms with Crippen LogP contribution in [0.15, 0.2) is 83.4 Å². The van der Waals surface area contributed by atoms with Crippen LogP contribution in [0.5, 0.6) is 0 Å². The molecule has 0 bridgehead atoms. The summed E-state index contributed by atoms with van der Waals surface area (Å²) in [4.78, 5) is 24.1. The smallest absolute Gasteiger partial charge is 0.412 e. The molecule has 1 amide bonds. The quantitative estimate of drug-likeness (QED) is 0.271. The predicted octanol–water partition coefficient (Wildman–Crippen LogP) is 7.03. The molecule has 1 heterocycles. The van der Waals surface area contributed by atoms with Crippen LogP contribution in [0.2, 0.25) is 0 Å². The van der Waals surface area contributed by atoms with Gasteiger partial charge in [-0.2, -0.15) is 0 Å². The monoisotopic (exact) mass is 496 g/mol. The molecule has 7 heteroatoms. The highest BCUT2D eigenvalue weighted by molar-refractivity contribution is 5.91. The molecule has 1 aromatic heterocycles. The number of nitrogens with one attached hydrogen (secondary N) is 1. The molecule has 2 N–H and O–H groups in total. The lowest BCUT2D eigenvalue weighted by molar-refractivity contribution is -0.143. The van der Waals surface area contributed by atoms with Crippen LogP contribution in [0.1, 0.15) is 42.7 Å². The van der Waals surface area contributed by atoms with Crippen LogP contribution >= 0.6 is 0 Å². The van der Waals surface area contributed by atoms with Crippen LogP contribution in [-0.2, 0) is 16.0 Å². The number of benzene rings is 3. The summed E-state index contributed by atoms with van der Waals surface area (Å²) in [6, 6.07) is 25.3. The highest BCUT2D eigenvalue weighted by atomic mass is 16.6. The van der Waals surface area contributed by atoms with Crippen LogP contribution < -0.4 is 5.32 Å². The fraction of sp³-hybridized carbons (Fsp3) is 0.233. The molecular weight excluding hydrogens is 468 g/mol. The zero-order valence-corrected chi connectivity index (χ0v) is 20.7. The highest BCUT2D eigenvalue weighted by Gasteiger charge is 2.49. The molecule has 3 aromatic carbocycles. The van der Waals surface area contributed by atoms with Crippen LogP contribution in [0, 0.1) is 12.3 Å². The first kappa shape index (κ1) is 24.3. The van der Waals surface area contributed by atoms with Crippen LogP contribution in [0.4, 0.5) is 10.5 Å². The van der Waals surface area contributed by atoms with Gasteiger partial charge < -0.3 is 14.4 Å². The van der Waals surface area contributed by atoms with Gasteiger partial charge in [-0.25, -0.2) is 4.79 Å². The maximum absolute atomic E-state index is 12.6. The van der Waals surface area contributed by atoms with E-state index < -0.39 is 23.6 Å². The number of hydrogen-bond acceptors (Lipinski definition) is 5. The summed E-state index contributed by atoms with van der Waals surface area (Å²) in [7, 11) is 0. The molecule has 37 heavy (non-hydrogen) atoms. The van der Waals surface area contributed by atoms with Gasteiger partial charge in [-0.15, -0.1) is 0 Å². The molecule has 1 fully saturated rings. The van der Waals surface area contributed by atoms with E-state index in [1.165, 1.54) is 0 Å². The number of aryl methyl sites for hydroxylation is 1. The number of anilines is 1. The number of ether oxygens (including phenoxy) is 1. The van der Waals surface area contributed by atoms with Crippen molar-refractivity contribution in [1.82, 2.24) is 5.16 Å². The topological polar surface area (TPSA) is 102 Å². The lowest BCUT2D eigenvalue weighted by Gasteiger charge is -2.14. The number of nitrogens with zero attached hydrogens (tertiary/aromatic N) is 1. The zero-order valence-electron chi connectivity index (χ0n) is 20.7. The van der Waals surface area contributed by atoms with Crippen molar-refractivity contribution < 1.29 is 24.0 Å². The number of carbonyl (C=O) groups is 2. The number of rotatable bonds is 8. The van der Waals surface area contributed by atoms with Crippen molar-refractivity contribution >= 4 is 17.7 Å². The van der Waals surface area contributed by atoms with E-state index >= 15 is 0 Å². The van der Waals surface area contributed by atoms with Crippen molar-refractivity contribution in [3.63, 3.8) is 0 Å². The van der Waals surface area contributed by atoms with Crippen molar-refractivity contribution in [3.05, 3.63) is 95.7 Å². The normalized spacial score (nSPS) is 14.5. The Morgan fingerprint density at radius 2 is 1.57 bits per heavy atom. The summed E-state index contributed by atoms with van der Waals surface area (Å²) in [6.07, 6.45) is 1.06. The van der Waals surface area contributed by atoms with Gasteiger partial charge in [-0.3, -0.25) is 10.1 Å². The molecule has 0 spiro atoms. The third-order valence-electron chi connectivity index (χ3n) is 6.93. The number of aliphatic carboxylic acids is 1. The van der Waals surface area contributed by atoms with Gasteiger partial charge in [0.15, 0.2) is 5.76 Å². The standard InChI is InChI=1S/C30H28N2O5/c1-19-26(31-29(35)36-20(2)22-6-4-3-5-7-22)27(37-32-19)25-14-12-24(13-15-25)23-10-8-21(9-11-23)18-30(16-17-30)28(33)34/h3-15,20H,16-18H2,1-2H3,(H,31,35)(H,33,34)/t20-/m1/s1. The molecule has 1 atom stereocenters. The second-order valence-corrected chi connectivity index (χ2v) is 9.59. The van der Waals surface area contributed by atoms with Crippen LogP contribution in [0.3, 0.4) is 0 Å². The Bertz CT molecular complexity index is 1400. The van der Waals surface area contributed by atoms with Gasteiger partial charge in [0.25, 0.3) is 0 Å². The van der Waals surface area contributed by atoms with E-state index in [1.54, 1.807) is 6.92 Å². The van der Waals surface area contributed by atoms with E-state index in [4.69, 9.17) is 9.26 Å². The van der Waals surface area contributed by atoms with Crippen molar-refractivity contribution in [2.24, 2.45) is 5.41 Å². The van der Waals surface area contributed by atoms with E-state index in [0.717, 1.165) is 40.7 Å². The fourth-order valence-electron chi connectivity index (χ4n) is 4.44. The largest absolute Gasteiger partial charge is 0.481 e. The number of carboxylic acids is 1. The summed E-state index contributed by atoms with van der Waals surface area (Å²) >= 11 is 0. The maximum Gasteiger partial charge on any atom is 0.412 e. The highest BCUT2D eigenvalue weighted by Crippen LogP contribution is 2.48. The van der Waals surface area contributed by atoms with Crippen LogP contribution in [-0.4, -0.2) is 22.3 Å². The minimum atomic E-state index is -0.706. The molecule has 0 unspecified atom stereocenters. The Morgan fingerprint density at radius 1 is 0.973 bits per heavy atom. The molecule has 1 aliphatic carbocycles. The number of amides is 1. The first-order valence-corrected chi connectivity index (χ1v) is 12.3. The lowest BCUT2D eigenvalue weighted by atomic mass is 9.94. The molecule has 1 saturated carbocycles. The van der Waals surface area contributed by atoms with Gasteiger partial charge >= 0.3 is 12.1 Å². The predicted molar refractivity (Wildman–Crippen MR) is 140 cm³/mol. The SMILES string of the molecule is Cc1noc(-c2ccc(-c3ccc(CC4(C(=O)O)CC4)cc3)cc2)c1NC(=O)O[C@H](C)c1ccccc1. The van der Waals surface area contributed by atoms with Gasteiger partial charge in [-0.05, 0) is 55.4 Å². The molecule has 188 valence electrons. The Labute approximate surface area is 215 Å². The third-order valence-corrected chi connectivity index (χ3v) is 6.93. The van der Waals surface area contributed by atoms with Gasteiger partial charge in [-0.1, -0.05) is 84.0 Å². The van der Waals surface area contributed by atoms with Gasteiger partial charge in [0.05, 0.1) is 5.41 Å². The molecule has 5 rings (SSSR count).